The largest absolute Gasteiger partial charge is 0.485 e. The molecule has 9 nitrogen and oxygen atoms in total. The Morgan fingerprint density at radius 3 is 2.57 bits per heavy atom. The van der Waals surface area contributed by atoms with E-state index in [-0.39, 0.29) is 18.4 Å². The van der Waals surface area contributed by atoms with Gasteiger partial charge in [0, 0.05) is 31.4 Å². The predicted molar refractivity (Wildman–Crippen MR) is 98.9 cm³/mol. The van der Waals surface area contributed by atoms with Crippen molar-refractivity contribution < 1.29 is 18.6 Å². The van der Waals surface area contributed by atoms with E-state index in [0.29, 0.717) is 47.7 Å². The summed E-state index contributed by atoms with van der Waals surface area (Å²) in [5, 5.41) is 10.6. The molecular weight excluding hydrogens is 362 g/mol. The van der Waals surface area contributed by atoms with Gasteiger partial charge in [-0.1, -0.05) is 24.2 Å². The molecule has 2 heterocycles. The number of carbonyl (C=O) groups is 1. The van der Waals surface area contributed by atoms with Gasteiger partial charge < -0.3 is 19.1 Å². The summed E-state index contributed by atoms with van der Waals surface area (Å²) in [5.74, 6) is 2.98. The summed E-state index contributed by atoms with van der Waals surface area (Å²) < 4.78 is 15.6. The molecule has 0 aliphatic heterocycles. The number of hydrogen-bond donors (Lipinski definition) is 1. The third-order valence-electron chi connectivity index (χ3n) is 3.91. The second kappa shape index (κ2) is 9.12. The van der Waals surface area contributed by atoms with Gasteiger partial charge in [0.15, 0.2) is 12.4 Å². The average molecular weight is 385 g/mol. The lowest BCUT2D eigenvalue weighted by atomic mass is 10.2. The second-order valence-electron chi connectivity index (χ2n) is 6.60. The van der Waals surface area contributed by atoms with Crippen LogP contribution in [0.5, 0.6) is 5.75 Å². The number of aryl methyl sites for hydroxylation is 2. The van der Waals surface area contributed by atoms with Crippen molar-refractivity contribution in [2.75, 3.05) is 6.54 Å². The molecule has 3 rings (SSSR count). The fraction of sp³-hybridized carbons (Fsp3) is 0.421. The lowest BCUT2D eigenvalue weighted by molar-refractivity contribution is 0.0953. The maximum absolute atomic E-state index is 12.2. The van der Waals surface area contributed by atoms with Crippen molar-refractivity contribution in [1.29, 1.82) is 0 Å². The monoisotopic (exact) mass is 385 g/mol. The fourth-order valence-electron chi connectivity index (χ4n) is 2.40. The topological polar surface area (TPSA) is 116 Å². The van der Waals surface area contributed by atoms with Crippen molar-refractivity contribution in [2.45, 2.75) is 46.1 Å². The summed E-state index contributed by atoms with van der Waals surface area (Å²) in [4.78, 5) is 20.6. The number of nitrogens with one attached hydrogen (secondary N) is 1. The molecule has 9 heteroatoms. The first kappa shape index (κ1) is 19.5. The highest BCUT2D eigenvalue weighted by Gasteiger charge is 2.10. The van der Waals surface area contributed by atoms with Gasteiger partial charge in [0.05, 0.1) is 0 Å². The van der Waals surface area contributed by atoms with E-state index in [9.17, 15) is 4.79 Å². The summed E-state index contributed by atoms with van der Waals surface area (Å²) in [6.45, 7) is 6.47. The van der Waals surface area contributed by atoms with Crippen LogP contribution in [0.25, 0.3) is 0 Å². The Balaban J connectivity index is 1.40. The molecule has 0 bridgehead atoms. The van der Waals surface area contributed by atoms with E-state index in [1.165, 1.54) is 0 Å². The molecule has 1 N–H and O–H groups in total. The highest BCUT2D eigenvalue weighted by molar-refractivity contribution is 5.94. The maximum atomic E-state index is 12.2. The van der Waals surface area contributed by atoms with Gasteiger partial charge in [0.2, 0.25) is 17.6 Å². The standard InChI is InChI=1S/C19H23N5O4/c1-12(2)18-22-17(28-24-18)5-4-10-20-19(25)14-6-8-15(9-7-14)26-11-16-21-13(3)27-23-16/h6-9,12H,4-5,10-11H2,1-3H3,(H,20,25). The molecule has 1 amide bonds. The minimum Gasteiger partial charge on any atom is -0.485 e. The van der Waals surface area contributed by atoms with Crippen LogP contribution in [-0.2, 0) is 13.0 Å². The minimum absolute atomic E-state index is 0.145. The maximum Gasteiger partial charge on any atom is 0.251 e. The van der Waals surface area contributed by atoms with Gasteiger partial charge in [-0.15, -0.1) is 0 Å². The van der Waals surface area contributed by atoms with Crippen LogP contribution in [-0.4, -0.2) is 32.7 Å². The Kier molecular flexibility index (Phi) is 6.36. The Morgan fingerprint density at radius 1 is 1.14 bits per heavy atom. The van der Waals surface area contributed by atoms with Crippen molar-refractivity contribution in [3.63, 3.8) is 0 Å². The first-order valence-electron chi connectivity index (χ1n) is 9.14. The molecule has 28 heavy (non-hydrogen) atoms. The van der Waals surface area contributed by atoms with Gasteiger partial charge in [-0.25, -0.2) is 0 Å². The second-order valence-corrected chi connectivity index (χ2v) is 6.60. The van der Waals surface area contributed by atoms with E-state index in [1.807, 2.05) is 13.8 Å². The molecule has 1 aromatic carbocycles. The third kappa shape index (κ3) is 5.38. The van der Waals surface area contributed by atoms with E-state index < -0.39 is 0 Å². The SMILES string of the molecule is Cc1nc(COc2ccc(C(=O)NCCCc3nc(C(C)C)no3)cc2)no1. The van der Waals surface area contributed by atoms with Gasteiger partial charge in [0.1, 0.15) is 5.75 Å². The number of hydrogen-bond acceptors (Lipinski definition) is 8. The van der Waals surface area contributed by atoms with Crippen LogP contribution in [0.4, 0.5) is 0 Å². The Hall–Kier alpha value is -3.23. The van der Waals surface area contributed by atoms with E-state index in [2.05, 4.69) is 25.6 Å². The smallest absolute Gasteiger partial charge is 0.251 e. The van der Waals surface area contributed by atoms with E-state index in [0.717, 1.165) is 6.42 Å². The zero-order valence-corrected chi connectivity index (χ0v) is 16.1. The molecule has 0 saturated heterocycles. The highest BCUT2D eigenvalue weighted by Crippen LogP contribution is 2.14. The van der Waals surface area contributed by atoms with Crippen molar-refractivity contribution in [3.05, 3.63) is 53.3 Å². The summed E-state index contributed by atoms with van der Waals surface area (Å²) in [5.41, 5.74) is 0.558. The van der Waals surface area contributed by atoms with Crippen LogP contribution in [0.15, 0.2) is 33.3 Å². The number of nitrogens with zero attached hydrogens (tertiary/aromatic N) is 4. The zero-order chi connectivity index (χ0) is 19.9. The summed E-state index contributed by atoms with van der Waals surface area (Å²) >= 11 is 0. The molecule has 0 aliphatic carbocycles. The molecule has 0 spiro atoms. The van der Waals surface area contributed by atoms with E-state index in [1.54, 1.807) is 31.2 Å². The fourth-order valence-corrected chi connectivity index (χ4v) is 2.40. The van der Waals surface area contributed by atoms with Gasteiger partial charge in [-0.2, -0.15) is 9.97 Å². The Morgan fingerprint density at radius 2 is 1.93 bits per heavy atom. The van der Waals surface area contributed by atoms with Crippen LogP contribution in [0.3, 0.4) is 0 Å². The summed E-state index contributed by atoms with van der Waals surface area (Å²) in [6, 6.07) is 6.87. The van der Waals surface area contributed by atoms with Crippen LogP contribution in [0.1, 0.15) is 60.0 Å². The summed E-state index contributed by atoms with van der Waals surface area (Å²) in [6.07, 6.45) is 1.35. The number of ether oxygens (including phenoxy) is 1. The van der Waals surface area contributed by atoms with Crippen LogP contribution in [0, 0.1) is 6.92 Å². The number of benzene rings is 1. The van der Waals surface area contributed by atoms with Crippen molar-refractivity contribution in [3.8, 4) is 5.75 Å². The molecule has 0 fully saturated rings. The van der Waals surface area contributed by atoms with Gasteiger partial charge >= 0.3 is 0 Å². The number of aromatic nitrogens is 4. The molecular formula is C19H23N5O4. The molecule has 3 aromatic rings. The van der Waals surface area contributed by atoms with Crippen LogP contribution >= 0.6 is 0 Å². The molecule has 0 aliphatic rings. The van der Waals surface area contributed by atoms with Crippen molar-refractivity contribution in [1.82, 2.24) is 25.6 Å². The average Bonchev–Trinajstić information content (AvgIpc) is 3.33. The first-order chi connectivity index (χ1) is 13.5. The van der Waals surface area contributed by atoms with Crippen LogP contribution < -0.4 is 10.1 Å². The molecule has 0 radical (unpaired) electrons. The quantitative estimate of drug-likeness (QED) is 0.559. The van der Waals surface area contributed by atoms with Crippen LogP contribution in [0.2, 0.25) is 0 Å². The third-order valence-corrected chi connectivity index (χ3v) is 3.91. The number of amides is 1. The van der Waals surface area contributed by atoms with Crippen molar-refractivity contribution in [2.24, 2.45) is 0 Å². The zero-order valence-electron chi connectivity index (χ0n) is 16.1. The molecule has 0 atom stereocenters. The van der Waals surface area contributed by atoms with E-state index >= 15 is 0 Å². The van der Waals surface area contributed by atoms with Gasteiger partial charge in [-0.3, -0.25) is 4.79 Å². The lowest BCUT2D eigenvalue weighted by Crippen LogP contribution is -2.24. The Bertz CT molecular complexity index is 901. The normalized spacial score (nSPS) is 11.0. The molecule has 148 valence electrons. The predicted octanol–water partition coefficient (Wildman–Crippen LogP) is 2.83. The minimum atomic E-state index is -0.145. The number of rotatable bonds is 9. The highest BCUT2D eigenvalue weighted by atomic mass is 16.5. The molecule has 2 aromatic heterocycles. The van der Waals surface area contributed by atoms with Crippen molar-refractivity contribution >= 4 is 5.91 Å². The van der Waals surface area contributed by atoms with Gasteiger partial charge in [-0.05, 0) is 30.7 Å². The first-order valence-corrected chi connectivity index (χ1v) is 9.14. The summed E-state index contributed by atoms with van der Waals surface area (Å²) in [7, 11) is 0. The molecule has 0 saturated carbocycles. The molecule has 0 unspecified atom stereocenters. The number of carbonyl (C=O) groups excluding carboxylic acids is 1. The lowest BCUT2D eigenvalue weighted by Gasteiger charge is -2.06. The van der Waals surface area contributed by atoms with E-state index in [4.69, 9.17) is 13.8 Å². The van der Waals surface area contributed by atoms with Gasteiger partial charge in [0.25, 0.3) is 5.91 Å². The Labute approximate surface area is 162 Å².